The third-order valence-electron chi connectivity index (χ3n) is 3.26. The highest BCUT2D eigenvalue weighted by atomic mass is 32.1. The van der Waals surface area contributed by atoms with Crippen molar-refractivity contribution in [1.29, 1.82) is 0 Å². The first-order valence-corrected chi connectivity index (χ1v) is 7.99. The van der Waals surface area contributed by atoms with Crippen LogP contribution in [0.2, 0.25) is 0 Å². The van der Waals surface area contributed by atoms with E-state index in [-0.39, 0.29) is 6.10 Å². The first-order chi connectivity index (χ1) is 8.34. The zero-order chi connectivity index (χ0) is 12.3. The maximum atomic E-state index is 9.89. The number of rotatable bonds is 10. The highest BCUT2D eigenvalue weighted by molar-refractivity contribution is 7.07. The molecule has 0 fully saturated rings. The number of hydrogen-bond acceptors (Lipinski definition) is 2. The van der Waals surface area contributed by atoms with Crippen molar-refractivity contribution < 1.29 is 5.11 Å². The number of aliphatic hydroxyl groups excluding tert-OH is 1. The smallest absolute Gasteiger partial charge is 0.0798 e. The van der Waals surface area contributed by atoms with Gasteiger partial charge < -0.3 is 5.11 Å². The second kappa shape index (κ2) is 9.67. The summed E-state index contributed by atoms with van der Waals surface area (Å²) in [5.41, 5.74) is 1.10. The maximum Gasteiger partial charge on any atom is 0.0798 e. The predicted molar refractivity (Wildman–Crippen MR) is 76.5 cm³/mol. The summed E-state index contributed by atoms with van der Waals surface area (Å²) >= 11 is 1.66. The van der Waals surface area contributed by atoms with E-state index in [2.05, 4.69) is 12.3 Å². The number of unbranched alkanes of at least 4 members (excludes halogenated alkanes) is 7. The van der Waals surface area contributed by atoms with Crippen LogP contribution in [-0.4, -0.2) is 5.11 Å². The summed E-state index contributed by atoms with van der Waals surface area (Å²) in [6.07, 6.45) is 11.3. The second-order valence-electron chi connectivity index (χ2n) is 4.84. The van der Waals surface area contributed by atoms with Crippen molar-refractivity contribution in [2.75, 3.05) is 0 Å². The lowest BCUT2D eigenvalue weighted by Gasteiger charge is -2.08. The molecule has 0 aliphatic rings. The third kappa shape index (κ3) is 6.85. The van der Waals surface area contributed by atoms with E-state index < -0.39 is 0 Å². The van der Waals surface area contributed by atoms with Gasteiger partial charge in [0.2, 0.25) is 0 Å². The molecule has 0 saturated carbocycles. The summed E-state index contributed by atoms with van der Waals surface area (Å²) in [5.74, 6) is 0. The number of thiophene rings is 1. The Bertz CT molecular complexity index is 256. The minimum absolute atomic E-state index is 0.235. The van der Waals surface area contributed by atoms with E-state index in [1.54, 1.807) is 11.3 Å². The van der Waals surface area contributed by atoms with E-state index >= 15 is 0 Å². The Morgan fingerprint density at radius 2 is 1.71 bits per heavy atom. The van der Waals surface area contributed by atoms with Gasteiger partial charge >= 0.3 is 0 Å². The molecule has 2 heteroatoms. The molecule has 1 N–H and O–H groups in total. The summed E-state index contributed by atoms with van der Waals surface area (Å²) < 4.78 is 0. The molecule has 0 spiro atoms. The zero-order valence-electron chi connectivity index (χ0n) is 11.0. The van der Waals surface area contributed by atoms with E-state index in [0.29, 0.717) is 0 Å². The number of hydrogen-bond donors (Lipinski definition) is 1. The average Bonchev–Trinajstić information content (AvgIpc) is 2.86. The zero-order valence-corrected chi connectivity index (χ0v) is 11.8. The Labute approximate surface area is 110 Å². The third-order valence-corrected chi connectivity index (χ3v) is 3.96. The lowest BCUT2D eigenvalue weighted by Crippen LogP contribution is -1.95. The molecule has 1 heterocycles. The molecule has 0 saturated heterocycles. The molecule has 17 heavy (non-hydrogen) atoms. The fourth-order valence-electron chi connectivity index (χ4n) is 2.10. The first kappa shape index (κ1) is 14.7. The molecule has 1 aromatic rings. The van der Waals surface area contributed by atoms with Crippen LogP contribution in [0.4, 0.5) is 0 Å². The fourth-order valence-corrected chi connectivity index (χ4v) is 2.81. The quantitative estimate of drug-likeness (QED) is 0.561. The molecular weight excluding hydrogens is 228 g/mol. The highest BCUT2D eigenvalue weighted by Crippen LogP contribution is 2.22. The molecule has 1 aromatic heterocycles. The van der Waals surface area contributed by atoms with Crippen molar-refractivity contribution in [3.05, 3.63) is 22.4 Å². The van der Waals surface area contributed by atoms with Crippen molar-refractivity contribution >= 4 is 11.3 Å². The Hall–Kier alpha value is -0.340. The van der Waals surface area contributed by atoms with Crippen molar-refractivity contribution in [1.82, 2.24) is 0 Å². The Balaban J connectivity index is 1.90. The van der Waals surface area contributed by atoms with Gasteiger partial charge in [-0.1, -0.05) is 58.3 Å². The lowest BCUT2D eigenvalue weighted by molar-refractivity contribution is 0.164. The van der Waals surface area contributed by atoms with Gasteiger partial charge in [0.25, 0.3) is 0 Å². The second-order valence-corrected chi connectivity index (χ2v) is 5.62. The first-order valence-electron chi connectivity index (χ1n) is 7.04. The highest BCUT2D eigenvalue weighted by Gasteiger charge is 2.06. The monoisotopic (exact) mass is 254 g/mol. The van der Waals surface area contributed by atoms with E-state index in [0.717, 1.165) is 18.4 Å². The molecule has 0 radical (unpaired) electrons. The van der Waals surface area contributed by atoms with Crippen molar-refractivity contribution in [3.8, 4) is 0 Å². The molecule has 0 bridgehead atoms. The van der Waals surface area contributed by atoms with Gasteiger partial charge in [0.15, 0.2) is 0 Å². The van der Waals surface area contributed by atoms with Gasteiger partial charge in [-0.2, -0.15) is 11.3 Å². The summed E-state index contributed by atoms with van der Waals surface area (Å²) in [5, 5.41) is 14.0. The molecule has 98 valence electrons. The Morgan fingerprint density at radius 1 is 1.06 bits per heavy atom. The van der Waals surface area contributed by atoms with Gasteiger partial charge in [0.1, 0.15) is 0 Å². The molecule has 1 atom stereocenters. The summed E-state index contributed by atoms with van der Waals surface area (Å²) in [7, 11) is 0. The van der Waals surface area contributed by atoms with Gasteiger partial charge in [-0.3, -0.25) is 0 Å². The SMILES string of the molecule is CCCCCCCCCCC(O)c1ccsc1. The van der Waals surface area contributed by atoms with Gasteiger partial charge in [-0.15, -0.1) is 0 Å². The number of aliphatic hydroxyl groups is 1. The normalized spacial score (nSPS) is 12.8. The van der Waals surface area contributed by atoms with E-state index in [1.807, 2.05) is 11.4 Å². The van der Waals surface area contributed by atoms with Crippen LogP contribution in [0, 0.1) is 0 Å². The van der Waals surface area contributed by atoms with Crippen LogP contribution in [0.1, 0.15) is 76.4 Å². The molecular formula is C15H26OS. The molecule has 0 amide bonds. The van der Waals surface area contributed by atoms with Crippen LogP contribution < -0.4 is 0 Å². The Morgan fingerprint density at radius 3 is 2.29 bits per heavy atom. The van der Waals surface area contributed by atoms with E-state index in [1.165, 1.54) is 44.9 Å². The molecule has 1 nitrogen and oxygen atoms in total. The summed E-state index contributed by atoms with van der Waals surface area (Å²) in [4.78, 5) is 0. The fraction of sp³-hybridized carbons (Fsp3) is 0.733. The van der Waals surface area contributed by atoms with E-state index in [4.69, 9.17) is 0 Å². The predicted octanol–water partition coefficient (Wildman–Crippen LogP) is 5.31. The standard InChI is InChI=1S/C15H26OS/c1-2-3-4-5-6-7-8-9-10-15(16)14-11-12-17-13-14/h11-13,15-16H,2-10H2,1H3. The van der Waals surface area contributed by atoms with Gasteiger partial charge in [0.05, 0.1) is 6.10 Å². The minimum atomic E-state index is -0.235. The largest absolute Gasteiger partial charge is 0.388 e. The van der Waals surface area contributed by atoms with Crippen LogP contribution in [-0.2, 0) is 0 Å². The van der Waals surface area contributed by atoms with Crippen LogP contribution in [0.25, 0.3) is 0 Å². The summed E-state index contributed by atoms with van der Waals surface area (Å²) in [6.45, 7) is 2.26. The summed E-state index contributed by atoms with van der Waals surface area (Å²) in [6, 6.07) is 2.03. The van der Waals surface area contributed by atoms with Crippen LogP contribution in [0.5, 0.6) is 0 Å². The van der Waals surface area contributed by atoms with Gasteiger partial charge in [-0.05, 0) is 28.8 Å². The van der Waals surface area contributed by atoms with Gasteiger partial charge in [0, 0.05) is 0 Å². The lowest BCUT2D eigenvalue weighted by atomic mass is 10.0. The Kier molecular flexibility index (Phi) is 8.37. The molecule has 0 aliphatic heterocycles. The van der Waals surface area contributed by atoms with Crippen LogP contribution >= 0.6 is 11.3 Å². The van der Waals surface area contributed by atoms with Crippen molar-refractivity contribution in [2.45, 2.75) is 70.8 Å². The van der Waals surface area contributed by atoms with E-state index in [9.17, 15) is 5.11 Å². The molecule has 0 aliphatic carbocycles. The van der Waals surface area contributed by atoms with Crippen molar-refractivity contribution in [2.24, 2.45) is 0 Å². The molecule has 1 unspecified atom stereocenters. The van der Waals surface area contributed by atoms with Crippen LogP contribution in [0.15, 0.2) is 16.8 Å². The molecule has 0 aromatic carbocycles. The van der Waals surface area contributed by atoms with Crippen molar-refractivity contribution in [3.63, 3.8) is 0 Å². The maximum absolute atomic E-state index is 9.89. The minimum Gasteiger partial charge on any atom is -0.388 e. The topological polar surface area (TPSA) is 20.2 Å². The van der Waals surface area contributed by atoms with Crippen LogP contribution in [0.3, 0.4) is 0 Å². The van der Waals surface area contributed by atoms with Gasteiger partial charge in [-0.25, -0.2) is 0 Å². The average molecular weight is 254 g/mol. The molecule has 1 rings (SSSR count).